The molecule has 8 nitrogen and oxygen atoms in total. The molecular formula is C20H26N8S. The van der Waals surface area contributed by atoms with E-state index < -0.39 is 0 Å². The number of imidazole rings is 1. The third-order valence-electron chi connectivity index (χ3n) is 5.53. The van der Waals surface area contributed by atoms with E-state index in [4.69, 9.17) is 9.97 Å². The maximum Gasteiger partial charge on any atom is 0.180 e. The van der Waals surface area contributed by atoms with Crippen LogP contribution in [0.4, 0.5) is 5.82 Å². The van der Waals surface area contributed by atoms with Gasteiger partial charge in [0.05, 0.1) is 22.6 Å². The van der Waals surface area contributed by atoms with Crippen LogP contribution in [-0.4, -0.2) is 63.5 Å². The van der Waals surface area contributed by atoms with Crippen molar-refractivity contribution in [2.45, 2.75) is 19.4 Å². The van der Waals surface area contributed by atoms with E-state index in [2.05, 4.69) is 63.3 Å². The maximum absolute atomic E-state index is 4.98. The lowest BCUT2D eigenvalue weighted by atomic mass is 10.1. The van der Waals surface area contributed by atoms with Gasteiger partial charge >= 0.3 is 0 Å². The summed E-state index contributed by atoms with van der Waals surface area (Å²) in [6, 6.07) is 0.384. The van der Waals surface area contributed by atoms with Crippen molar-refractivity contribution in [2.24, 2.45) is 0 Å². The lowest BCUT2D eigenvalue weighted by Gasteiger charge is -2.16. The zero-order valence-electron chi connectivity index (χ0n) is 16.9. The molecule has 0 bridgehead atoms. The highest BCUT2D eigenvalue weighted by atomic mass is 32.2. The number of nitrogens with zero attached hydrogens (tertiary/aromatic N) is 5. The fraction of sp³-hybridized carbons (Fsp3) is 0.400. The van der Waals surface area contributed by atoms with Gasteiger partial charge in [0.2, 0.25) is 0 Å². The van der Waals surface area contributed by atoms with Crippen molar-refractivity contribution in [3.05, 3.63) is 47.2 Å². The SMILES string of the molecule is CC1C=C(Nc2nc(C3=CCNCC3)cn3c(C4=CN(C)NC4)cnc23)SN1C. The van der Waals surface area contributed by atoms with Crippen LogP contribution in [0.3, 0.4) is 0 Å². The van der Waals surface area contributed by atoms with E-state index in [1.807, 2.05) is 18.3 Å². The lowest BCUT2D eigenvalue weighted by molar-refractivity contribution is 0.374. The molecule has 2 aromatic heterocycles. The van der Waals surface area contributed by atoms with Crippen LogP contribution in [0.25, 0.3) is 16.8 Å². The zero-order valence-corrected chi connectivity index (χ0v) is 17.8. The number of rotatable bonds is 4. The molecule has 0 fully saturated rings. The molecule has 2 aromatic rings. The number of likely N-dealkylation sites (N-methyl/N-ethyl adjacent to an activating group) is 1. The molecule has 9 heteroatoms. The molecule has 5 heterocycles. The van der Waals surface area contributed by atoms with Gasteiger partial charge in [-0.1, -0.05) is 6.08 Å². The number of anilines is 1. The summed E-state index contributed by atoms with van der Waals surface area (Å²) in [5, 5.41) is 10.0. The van der Waals surface area contributed by atoms with Crippen molar-refractivity contribution < 1.29 is 0 Å². The molecule has 1 unspecified atom stereocenters. The Balaban J connectivity index is 1.61. The molecule has 3 N–H and O–H groups in total. The summed E-state index contributed by atoms with van der Waals surface area (Å²) in [5.41, 5.74) is 8.75. The van der Waals surface area contributed by atoms with E-state index in [9.17, 15) is 0 Å². The molecule has 3 aliphatic heterocycles. The van der Waals surface area contributed by atoms with E-state index in [-0.39, 0.29) is 0 Å². The molecular weight excluding hydrogens is 384 g/mol. The Morgan fingerprint density at radius 3 is 2.86 bits per heavy atom. The number of nitrogens with one attached hydrogen (secondary N) is 3. The largest absolute Gasteiger partial charge is 0.331 e. The van der Waals surface area contributed by atoms with Gasteiger partial charge < -0.3 is 15.6 Å². The summed E-state index contributed by atoms with van der Waals surface area (Å²) in [4.78, 5) is 9.71. The molecule has 0 aromatic carbocycles. The van der Waals surface area contributed by atoms with E-state index in [0.29, 0.717) is 6.04 Å². The van der Waals surface area contributed by atoms with Crippen LogP contribution in [0.5, 0.6) is 0 Å². The quantitative estimate of drug-likeness (QED) is 0.662. The monoisotopic (exact) mass is 410 g/mol. The van der Waals surface area contributed by atoms with Crippen molar-refractivity contribution in [3.8, 4) is 0 Å². The summed E-state index contributed by atoms with van der Waals surface area (Å²) in [5.74, 6) is 0.800. The fourth-order valence-corrected chi connectivity index (χ4v) is 4.72. The minimum absolute atomic E-state index is 0.384. The molecule has 29 heavy (non-hydrogen) atoms. The smallest absolute Gasteiger partial charge is 0.180 e. The first kappa shape index (κ1) is 18.7. The standard InChI is InChI=1S/C20H26N8S/c1-13-8-18(29-27(13)3)25-19-20-22-10-17(15-9-23-26(2)11-15)28(20)12-16(24-19)14-4-6-21-7-5-14/h4,8,10-13,21,23H,5-7,9H2,1-3H3,(H,24,25). The van der Waals surface area contributed by atoms with Gasteiger partial charge in [0.25, 0.3) is 0 Å². The first-order valence-electron chi connectivity index (χ1n) is 9.94. The summed E-state index contributed by atoms with van der Waals surface area (Å²) >= 11 is 1.70. The van der Waals surface area contributed by atoms with Gasteiger partial charge in [-0.05, 0) is 50.5 Å². The van der Waals surface area contributed by atoms with Crippen LogP contribution in [0.15, 0.2) is 35.8 Å². The number of aromatic nitrogens is 3. The second-order valence-electron chi connectivity index (χ2n) is 7.63. The van der Waals surface area contributed by atoms with Gasteiger partial charge in [-0.2, -0.15) is 0 Å². The van der Waals surface area contributed by atoms with E-state index in [0.717, 1.165) is 53.9 Å². The highest BCUT2D eigenvalue weighted by Gasteiger charge is 2.22. The van der Waals surface area contributed by atoms with Gasteiger partial charge in [0, 0.05) is 44.1 Å². The van der Waals surface area contributed by atoms with E-state index in [1.165, 1.54) is 11.1 Å². The Kier molecular flexibility index (Phi) is 4.83. The van der Waals surface area contributed by atoms with Gasteiger partial charge in [0.15, 0.2) is 11.5 Å². The first-order valence-corrected chi connectivity index (χ1v) is 10.7. The predicted octanol–water partition coefficient (Wildman–Crippen LogP) is 2.13. The summed E-state index contributed by atoms with van der Waals surface area (Å²) < 4.78 is 4.40. The zero-order chi connectivity index (χ0) is 20.0. The van der Waals surface area contributed by atoms with Crippen LogP contribution in [0.1, 0.15) is 24.7 Å². The van der Waals surface area contributed by atoms with Crippen LogP contribution in [0.2, 0.25) is 0 Å². The first-order chi connectivity index (χ1) is 14.1. The second-order valence-corrected chi connectivity index (χ2v) is 8.83. The Morgan fingerprint density at radius 1 is 1.28 bits per heavy atom. The van der Waals surface area contributed by atoms with E-state index in [1.54, 1.807) is 11.9 Å². The molecule has 0 aliphatic carbocycles. The number of hydrogen-bond donors (Lipinski definition) is 3. The molecule has 1 atom stereocenters. The van der Waals surface area contributed by atoms with Crippen molar-refractivity contribution in [1.82, 2.24) is 34.4 Å². The maximum atomic E-state index is 4.98. The van der Waals surface area contributed by atoms with Crippen molar-refractivity contribution in [2.75, 3.05) is 39.0 Å². The Bertz CT molecular complexity index is 1040. The summed E-state index contributed by atoms with van der Waals surface area (Å²) in [7, 11) is 4.11. The Morgan fingerprint density at radius 2 is 2.17 bits per heavy atom. The van der Waals surface area contributed by atoms with Gasteiger partial charge in [-0.25, -0.2) is 19.7 Å². The third-order valence-corrected chi connectivity index (χ3v) is 6.59. The van der Waals surface area contributed by atoms with Gasteiger partial charge in [-0.3, -0.25) is 4.40 Å². The Labute approximate surface area is 174 Å². The average molecular weight is 411 g/mol. The van der Waals surface area contributed by atoms with E-state index >= 15 is 0 Å². The van der Waals surface area contributed by atoms with Gasteiger partial charge in [-0.15, -0.1) is 0 Å². The highest BCUT2D eigenvalue weighted by Crippen LogP contribution is 2.33. The number of fused-ring (bicyclic) bond motifs is 1. The molecule has 0 radical (unpaired) electrons. The molecule has 0 amide bonds. The Hall–Kier alpha value is -2.33. The fourth-order valence-electron chi connectivity index (χ4n) is 3.79. The molecule has 152 valence electrons. The average Bonchev–Trinajstić information content (AvgIpc) is 3.41. The molecule has 0 saturated heterocycles. The third kappa shape index (κ3) is 3.55. The second kappa shape index (κ2) is 7.49. The van der Waals surface area contributed by atoms with Crippen LogP contribution in [-0.2, 0) is 0 Å². The summed E-state index contributed by atoms with van der Waals surface area (Å²) in [6.45, 7) is 4.84. The molecule has 0 saturated carbocycles. The minimum Gasteiger partial charge on any atom is -0.331 e. The summed E-state index contributed by atoms with van der Waals surface area (Å²) in [6.07, 6.45) is 11.6. The number of hydrazine groups is 1. The molecule has 3 aliphatic rings. The lowest BCUT2D eigenvalue weighted by Crippen LogP contribution is -2.23. The van der Waals surface area contributed by atoms with Crippen molar-refractivity contribution in [1.29, 1.82) is 0 Å². The van der Waals surface area contributed by atoms with Crippen LogP contribution in [0, 0.1) is 0 Å². The van der Waals surface area contributed by atoms with Crippen LogP contribution >= 0.6 is 11.9 Å². The minimum atomic E-state index is 0.384. The normalized spacial score (nSPS) is 22.8. The van der Waals surface area contributed by atoms with Gasteiger partial charge in [0.1, 0.15) is 0 Å². The van der Waals surface area contributed by atoms with Crippen molar-refractivity contribution >= 4 is 34.6 Å². The van der Waals surface area contributed by atoms with Crippen LogP contribution < -0.4 is 16.1 Å². The predicted molar refractivity (Wildman–Crippen MR) is 119 cm³/mol. The highest BCUT2D eigenvalue weighted by molar-refractivity contribution is 8.01. The topological polar surface area (TPSA) is 72.8 Å². The number of hydrogen-bond acceptors (Lipinski definition) is 8. The molecule has 0 spiro atoms. The molecule has 5 rings (SSSR count). The van der Waals surface area contributed by atoms with Crippen molar-refractivity contribution in [3.63, 3.8) is 0 Å².